The van der Waals surface area contributed by atoms with Crippen molar-refractivity contribution in [2.24, 2.45) is 5.73 Å². The summed E-state index contributed by atoms with van der Waals surface area (Å²) in [6.07, 6.45) is 0. The molecule has 76 valence electrons. The minimum atomic E-state index is -0.943. The van der Waals surface area contributed by atoms with Crippen molar-refractivity contribution in [1.82, 2.24) is 0 Å². The zero-order chi connectivity index (χ0) is 10.7. The number of halogens is 2. The number of hydrogen-bond acceptors (Lipinski definition) is 3. The van der Waals surface area contributed by atoms with Crippen LogP contribution in [0.25, 0.3) is 0 Å². The van der Waals surface area contributed by atoms with Crippen LogP contribution < -0.4 is 5.73 Å². The molecule has 3 nitrogen and oxygen atoms in total. The van der Waals surface area contributed by atoms with Gasteiger partial charge in [-0.1, -0.05) is 29.3 Å². The van der Waals surface area contributed by atoms with Crippen LogP contribution in [0.1, 0.15) is 11.6 Å². The first-order chi connectivity index (χ1) is 6.57. The number of benzene rings is 1. The van der Waals surface area contributed by atoms with Gasteiger partial charge >= 0.3 is 5.97 Å². The molecular formula is C9H9Cl2NO2. The van der Waals surface area contributed by atoms with Crippen LogP contribution in [-0.4, -0.2) is 13.1 Å². The Bertz CT molecular complexity index is 334. The first kappa shape index (κ1) is 11.3. The maximum Gasteiger partial charge on any atom is 0.327 e. The minimum absolute atomic E-state index is 0.357. The largest absolute Gasteiger partial charge is 0.468 e. The molecule has 0 saturated heterocycles. The van der Waals surface area contributed by atoms with Crippen molar-refractivity contribution >= 4 is 29.2 Å². The summed E-state index contributed by atoms with van der Waals surface area (Å²) in [6, 6.07) is 3.97. The molecule has 0 radical (unpaired) electrons. The van der Waals surface area contributed by atoms with Crippen LogP contribution in [0.5, 0.6) is 0 Å². The van der Waals surface area contributed by atoms with Crippen LogP contribution in [0, 0.1) is 0 Å². The molecule has 1 aromatic rings. The average Bonchev–Trinajstić information content (AvgIpc) is 2.16. The first-order valence-electron chi connectivity index (χ1n) is 3.85. The maximum absolute atomic E-state index is 11.2. The van der Waals surface area contributed by atoms with Crippen LogP contribution in [0.2, 0.25) is 10.0 Å². The quantitative estimate of drug-likeness (QED) is 0.797. The van der Waals surface area contributed by atoms with Crippen molar-refractivity contribution in [3.8, 4) is 0 Å². The Balaban J connectivity index is 3.11. The van der Waals surface area contributed by atoms with E-state index in [1.807, 2.05) is 0 Å². The Labute approximate surface area is 91.7 Å². The highest BCUT2D eigenvalue weighted by atomic mass is 35.5. The fraction of sp³-hybridized carbons (Fsp3) is 0.222. The Morgan fingerprint density at radius 3 is 2.36 bits per heavy atom. The highest BCUT2D eigenvalue weighted by molar-refractivity contribution is 6.36. The van der Waals surface area contributed by atoms with Gasteiger partial charge in [0.1, 0.15) is 6.04 Å². The first-order valence-corrected chi connectivity index (χ1v) is 4.61. The molecule has 1 atom stereocenters. The van der Waals surface area contributed by atoms with Crippen LogP contribution in [0.4, 0.5) is 0 Å². The van der Waals surface area contributed by atoms with E-state index in [9.17, 15) is 4.79 Å². The van der Waals surface area contributed by atoms with Gasteiger partial charge in [-0.15, -0.1) is 0 Å². The summed E-state index contributed by atoms with van der Waals surface area (Å²) in [5, 5.41) is 0.714. The molecule has 0 aliphatic heterocycles. The summed E-state index contributed by atoms with van der Waals surface area (Å²) in [6.45, 7) is 0. The third kappa shape index (κ3) is 2.18. The highest BCUT2D eigenvalue weighted by Crippen LogP contribution is 2.29. The number of nitrogens with two attached hydrogens (primary N) is 1. The van der Waals surface area contributed by atoms with Crippen molar-refractivity contribution < 1.29 is 9.53 Å². The van der Waals surface area contributed by atoms with E-state index in [0.717, 1.165) is 0 Å². The van der Waals surface area contributed by atoms with E-state index in [1.54, 1.807) is 18.2 Å². The van der Waals surface area contributed by atoms with Gasteiger partial charge in [0.25, 0.3) is 0 Å². The lowest BCUT2D eigenvalue weighted by atomic mass is 10.1. The molecule has 0 aromatic heterocycles. The molecule has 5 heteroatoms. The number of ether oxygens (including phenoxy) is 1. The molecule has 0 saturated carbocycles. The lowest BCUT2D eigenvalue weighted by Gasteiger charge is -2.12. The van der Waals surface area contributed by atoms with E-state index in [0.29, 0.717) is 15.6 Å². The fourth-order valence-corrected chi connectivity index (χ4v) is 1.69. The van der Waals surface area contributed by atoms with Crippen LogP contribution in [0.3, 0.4) is 0 Å². The highest BCUT2D eigenvalue weighted by Gasteiger charge is 2.21. The Hall–Kier alpha value is -0.770. The van der Waals surface area contributed by atoms with Gasteiger partial charge in [-0.05, 0) is 12.1 Å². The predicted molar refractivity (Wildman–Crippen MR) is 55.4 cm³/mol. The van der Waals surface area contributed by atoms with Gasteiger partial charge in [0.05, 0.1) is 7.11 Å². The van der Waals surface area contributed by atoms with Crippen LogP contribution in [0.15, 0.2) is 18.2 Å². The summed E-state index contributed by atoms with van der Waals surface area (Å²) in [7, 11) is 1.26. The standard InChI is InChI=1S/C9H9Cl2NO2/c1-14-9(13)8(12)7-5(10)3-2-4-6(7)11/h2-4,8H,12H2,1H3/t8-/m1/s1. The smallest absolute Gasteiger partial charge is 0.327 e. The van der Waals surface area contributed by atoms with E-state index < -0.39 is 12.0 Å². The van der Waals surface area contributed by atoms with Crippen LogP contribution in [-0.2, 0) is 9.53 Å². The van der Waals surface area contributed by atoms with E-state index in [2.05, 4.69) is 4.74 Å². The minimum Gasteiger partial charge on any atom is -0.468 e. The SMILES string of the molecule is COC(=O)[C@H](N)c1c(Cl)cccc1Cl. The zero-order valence-corrected chi connectivity index (χ0v) is 8.97. The summed E-state index contributed by atoms with van der Waals surface area (Å²) < 4.78 is 4.50. The summed E-state index contributed by atoms with van der Waals surface area (Å²) in [5.74, 6) is -0.569. The molecule has 1 rings (SSSR count). The van der Waals surface area contributed by atoms with Gasteiger partial charge in [-0.2, -0.15) is 0 Å². The van der Waals surface area contributed by atoms with Crippen molar-refractivity contribution in [2.75, 3.05) is 7.11 Å². The molecule has 0 aliphatic carbocycles. The molecule has 0 unspecified atom stereocenters. The van der Waals surface area contributed by atoms with Gasteiger partial charge in [-0.25, -0.2) is 0 Å². The number of hydrogen-bond donors (Lipinski definition) is 1. The summed E-state index contributed by atoms with van der Waals surface area (Å²) in [5.41, 5.74) is 6.00. The monoisotopic (exact) mass is 233 g/mol. The number of carbonyl (C=O) groups is 1. The maximum atomic E-state index is 11.2. The number of esters is 1. The third-order valence-electron chi connectivity index (χ3n) is 1.77. The molecule has 1 aromatic carbocycles. The molecule has 2 N–H and O–H groups in total. The topological polar surface area (TPSA) is 52.3 Å². The second-order valence-electron chi connectivity index (χ2n) is 2.64. The van der Waals surface area contributed by atoms with Crippen molar-refractivity contribution in [2.45, 2.75) is 6.04 Å². The summed E-state index contributed by atoms with van der Waals surface area (Å²) in [4.78, 5) is 11.2. The van der Waals surface area contributed by atoms with Crippen molar-refractivity contribution in [3.63, 3.8) is 0 Å². The zero-order valence-electron chi connectivity index (χ0n) is 7.46. The Morgan fingerprint density at radius 2 is 1.93 bits per heavy atom. The van der Waals surface area contributed by atoms with E-state index in [1.165, 1.54) is 7.11 Å². The second-order valence-corrected chi connectivity index (χ2v) is 3.45. The molecule has 0 spiro atoms. The van der Waals surface area contributed by atoms with Crippen LogP contribution >= 0.6 is 23.2 Å². The molecule has 0 aliphatic rings. The normalized spacial score (nSPS) is 12.3. The average molecular weight is 234 g/mol. The lowest BCUT2D eigenvalue weighted by Crippen LogP contribution is -2.23. The van der Waals surface area contributed by atoms with Gasteiger partial charge in [0.2, 0.25) is 0 Å². The molecule has 0 fully saturated rings. The third-order valence-corrected chi connectivity index (χ3v) is 2.43. The molecular weight excluding hydrogens is 225 g/mol. The fourth-order valence-electron chi connectivity index (χ4n) is 1.05. The Kier molecular flexibility index (Phi) is 3.75. The van der Waals surface area contributed by atoms with Gasteiger partial charge in [0, 0.05) is 15.6 Å². The van der Waals surface area contributed by atoms with Gasteiger partial charge < -0.3 is 10.5 Å². The predicted octanol–water partition coefficient (Wildman–Crippen LogP) is 2.17. The summed E-state index contributed by atoms with van der Waals surface area (Å²) >= 11 is 11.7. The van der Waals surface area contributed by atoms with Gasteiger partial charge in [0.15, 0.2) is 0 Å². The van der Waals surface area contributed by atoms with E-state index in [4.69, 9.17) is 28.9 Å². The molecule has 0 bridgehead atoms. The molecule has 0 heterocycles. The number of carbonyl (C=O) groups excluding carboxylic acids is 1. The van der Waals surface area contributed by atoms with E-state index >= 15 is 0 Å². The second kappa shape index (κ2) is 4.64. The lowest BCUT2D eigenvalue weighted by molar-refractivity contribution is -0.142. The van der Waals surface area contributed by atoms with Crippen molar-refractivity contribution in [3.05, 3.63) is 33.8 Å². The molecule has 14 heavy (non-hydrogen) atoms. The van der Waals surface area contributed by atoms with Gasteiger partial charge in [-0.3, -0.25) is 4.79 Å². The molecule has 0 amide bonds. The number of rotatable bonds is 2. The van der Waals surface area contributed by atoms with E-state index in [-0.39, 0.29) is 0 Å². The number of methoxy groups -OCH3 is 1. The van der Waals surface area contributed by atoms with Crippen molar-refractivity contribution in [1.29, 1.82) is 0 Å². The Morgan fingerprint density at radius 1 is 1.43 bits per heavy atom.